The molecule has 0 unspecified atom stereocenters. The highest BCUT2D eigenvalue weighted by Gasteiger charge is 2.07. The Morgan fingerprint density at radius 3 is 2.82 bits per heavy atom. The fourth-order valence-corrected chi connectivity index (χ4v) is 1.68. The lowest BCUT2D eigenvalue weighted by atomic mass is 10.2. The van der Waals surface area contributed by atoms with Gasteiger partial charge in [0, 0.05) is 5.69 Å². The largest absolute Gasteiger partial charge is 0.354 e. The molecule has 4 heteroatoms. The summed E-state index contributed by atoms with van der Waals surface area (Å²) in [6.07, 6.45) is 0. The molecule has 2 aromatic carbocycles. The summed E-state index contributed by atoms with van der Waals surface area (Å²) in [5, 5.41) is 7.81. The van der Waals surface area contributed by atoms with Crippen LogP contribution >= 0.6 is 0 Å². The van der Waals surface area contributed by atoms with Crippen LogP contribution in [0.2, 0.25) is 0 Å². The van der Waals surface area contributed by atoms with E-state index >= 15 is 0 Å². The lowest BCUT2D eigenvalue weighted by Gasteiger charge is -2.02. The monoisotopic (exact) mass is 228 g/mol. The Bertz CT molecular complexity index is 663. The highest BCUT2D eigenvalue weighted by atomic mass is 19.1. The van der Waals surface area contributed by atoms with Gasteiger partial charge in [-0.3, -0.25) is 0 Å². The van der Waals surface area contributed by atoms with Gasteiger partial charge in [-0.1, -0.05) is 23.4 Å². The third-order valence-corrected chi connectivity index (χ3v) is 2.46. The lowest BCUT2D eigenvalue weighted by molar-refractivity contribution is 0.460. The first-order valence-corrected chi connectivity index (χ1v) is 5.20. The number of nitrogens with one attached hydrogen (secondary N) is 1. The maximum absolute atomic E-state index is 13.0. The van der Waals surface area contributed by atoms with E-state index in [0.29, 0.717) is 17.1 Å². The predicted molar refractivity (Wildman–Crippen MR) is 63.7 cm³/mol. The molecule has 0 atom stereocenters. The number of hydrogen-bond acceptors (Lipinski definition) is 3. The van der Waals surface area contributed by atoms with Crippen molar-refractivity contribution in [3.05, 3.63) is 54.3 Å². The molecule has 3 aromatic rings. The molecule has 17 heavy (non-hydrogen) atoms. The Morgan fingerprint density at radius 2 is 1.94 bits per heavy atom. The molecule has 0 aliphatic heterocycles. The molecular formula is C13H9FN2O. The second-order valence-corrected chi connectivity index (χ2v) is 3.66. The smallest absolute Gasteiger partial charge is 0.181 e. The number of halogens is 1. The first-order valence-electron chi connectivity index (χ1n) is 5.20. The molecule has 0 fully saturated rings. The number of aromatic nitrogens is 1. The van der Waals surface area contributed by atoms with Crippen molar-refractivity contribution < 1.29 is 8.91 Å². The molecular weight excluding hydrogens is 219 g/mol. The van der Waals surface area contributed by atoms with E-state index < -0.39 is 0 Å². The summed E-state index contributed by atoms with van der Waals surface area (Å²) in [4.78, 5) is 0. The molecule has 0 saturated heterocycles. The van der Waals surface area contributed by atoms with E-state index in [9.17, 15) is 4.39 Å². The topological polar surface area (TPSA) is 38.1 Å². The molecule has 0 aliphatic rings. The summed E-state index contributed by atoms with van der Waals surface area (Å²) < 4.78 is 18.2. The van der Waals surface area contributed by atoms with Crippen LogP contribution in [-0.4, -0.2) is 5.16 Å². The van der Waals surface area contributed by atoms with Gasteiger partial charge in [0.2, 0.25) is 0 Å². The second kappa shape index (κ2) is 3.90. The number of fused-ring (bicyclic) bond motifs is 1. The van der Waals surface area contributed by atoms with Crippen LogP contribution in [-0.2, 0) is 0 Å². The Hall–Kier alpha value is -2.36. The van der Waals surface area contributed by atoms with Gasteiger partial charge in [-0.05, 0) is 30.3 Å². The summed E-state index contributed by atoms with van der Waals surface area (Å²) in [6.45, 7) is 0. The zero-order chi connectivity index (χ0) is 11.7. The van der Waals surface area contributed by atoms with E-state index in [1.165, 1.54) is 12.1 Å². The fraction of sp³-hybridized carbons (Fsp3) is 0. The normalized spacial score (nSPS) is 10.6. The molecule has 0 aliphatic carbocycles. The molecule has 84 valence electrons. The minimum absolute atomic E-state index is 0.289. The molecule has 0 saturated carbocycles. The second-order valence-electron chi connectivity index (χ2n) is 3.66. The Balaban J connectivity index is 2.00. The summed E-state index contributed by atoms with van der Waals surface area (Å²) in [5.41, 5.74) is 1.34. The predicted octanol–water partition coefficient (Wildman–Crippen LogP) is 3.71. The van der Waals surface area contributed by atoms with Crippen LogP contribution < -0.4 is 5.32 Å². The van der Waals surface area contributed by atoms with Crippen LogP contribution in [0.5, 0.6) is 0 Å². The molecule has 1 heterocycles. The van der Waals surface area contributed by atoms with Crippen LogP contribution in [0.25, 0.3) is 11.0 Å². The van der Waals surface area contributed by atoms with Gasteiger partial charge in [0.25, 0.3) is 0 Å². The standard InChI is InChI=1S/C13H9FN2O/c14-9-4-3-5-10(8-9)15-13-11-6-1-2-7-12(11)17-16-13/h1-8H,(H,15,16). The maximum Gasteiger partial charge on any atom is 0.181 e. The SMILES string of the molecule is Fc1cccc(Nc2noc3ccccc23)c1. The minimum atomic E-state index is -0.289. The average Bonchev–Trinajstić information content (AvgIpc) is 2.73. The van der Waals surface area contributed by atoms with E-state index in [-0.39, 0.29) is 5.82 Å². The van der Waals surface area contributed by atoms with Gasteiger partial charge in [-0.25, -0.2) is 4.39 Å². The minimum Gasteiger partial charge on any atom is -0.354 e. The molecule has 0 spiro atoms. The van der Waals surface area contributed by atoms with Gasteiger partial charge < -0.3 is 9.84 Å². The van der Waals surface area contributed by atoms with E-state index in [1.54, 1.807) is 12.1 Å². The Morgan fingerprint density at radius 1 is 1.06 bits per heavy atom. The van der Waals surface area contributed by atoms with E-state index in [1.807, 2.05) is 24.3 Å². The Kier molecular flexibility index (Phi) is 2.26. The van der Waals surface area contributed by atoms with E-state index in [4.69, 9.17) is 4.52 Å². The summed E-state index contributed by atoms with van der Waals surface area (Å²) in [7, 11) is 0. The third kappa shape index (κ3) is 1.85. The molecule has 0 amide bonds. The zero-order valence-corrected chi connectivity index (χ0v) is 8.85. The van der Waals surface area contributed by atoms with Crippen molar-refractivity contribution in [2.24, 2.45) is 0 Å². The number of nitrogens with zero attached hydrogens (tertiary/aromatic N) is 1. The van der Waals surface area contributed by atoms with Crippen molar-refractivity contribution in [1.29, 1.82) is 0 Å². The molecule has 1 aromatic heterocycles. The van der Waals surface area contributed by atoms with Crippen LogP contribution in [0.3, 0.4) is 0 Å². The summed E-state index contributed by atoms with van der Waals surface area (Å²) >= 11 is 0. The molecule has 0 radical (unpaired) electrons. The van der Waals surface area contributed by atoms with Gasteiger partial charge in [0.05, 0.1) is 5.39 Å². The summed E-state index contributed by atoms with van der Waals surface area (Å²) in [6, 6.07) is 13.7. The highest BCUT2D eigenvalue weighted by molar-refractivity contribution is 5.89. The fourth-order valence-electron chi connectivity index (χ4n) is 1.68. The third-order valence-electron chi connectivity index (χ3n) is 2.46. The lowest BCUT2D eigenvalue weighted by Crippen LogP contribution is -1.91. The van der Waals surface area contributed by atoms with Crippen molar-refractivity contribution in [3.8, 4) is 0 Å². The van der Waals surface area contributed by atoms with Crippen LogP contribution in [0.15, 0.2) is 53.1 Å². The first kappa shape index (κ1) is 9.84. The zero-order valence-electron chi connectivity index (χ0n) is 8.85. The number of benzene rings is 2. The average molecular weight is 228 g/mol. The van der Waals surface area contributed by atoms with E-state index in [2.05, 4.69) is 10.5 Å². The van der Waals surface area contributed by atoms with Gasteiger partial charge in [-0.15, -0.1) is 0 Å². The maximum atomic E-state index is 13.0. The van der Waals surface area contributed by atoms with Crippen molar-refractivity contribution in [2.75, 3.05) is 5.32 Å². The van der Waals surface area contributed by atoms with Gasteiger partial charge in [0.1, 0.15) is 5.82 Å². The van der Waals surface area contributed by atoms with Gasteiger partial charge >= 0.3 is 0 Å². The number of hydrogen-bond donors (Lipinski definition) is 1. The first-order chi connectivity index (χ1) is 8.33. The van der Waals surface area contributed by atoms with Crippen molar-refractivity contribution in [1.82, 2.24) is 5.16 Å². The molecule has 3 rings (SSSR count). The van der Waals surface area contributed by atoms with Crippen molar-refractivity contribution in [3.63, 3.8) is 0 Å². The number of anilines is 2. The van der Waals surface area contributed by atoms with E-state index in [0.717, 1.165) is 5.39 Å². The molecule has 1 N–H and O–H groups in total. The highest BCUT2D eigenvalue weighted by Crippen LogP contribution is 2.25. The quantitative estimate of drug-likeness (QED) is 0.726. The van der Waals surface area contributed by atoms with Crippen molar-refractivity contribution in [2.45, 2.75) is 0 Å². The van der Waals surface area contributed by atoms with Crippen molar-refractivity contribution >= 4 is 22.5 Å². The van der Waals surface area contributed by atoms with Gasteiger partial charge in [-0.2, -0.15) is 0 Å². The number of para-hydroxylation sites is 1. The van der Waals surface area contributed by atoms with Crippen LogP contribution in [0, 0.1) is 5.82 Å². The van der Waals surface area contributed by atoms with Crippen LogP contribution in [0.4, 0.5) is 15.9 Å². The molecule has 0 bridgehead atoms. The number of rotatable bonds is 2. The Labute approximate surface area is 96.9 Å². The van der Waals surface area contributed by atoms with Gasteiger partial charge in [0.15, 0.2) is 11.4 Å². The molecule has 3 nitrogen and oxygen atoms in total. The summed E-state index contributed by atoms with van der Waals surface area (Å²) in [5.74, 6) is 0.300. The van der Waals surface area contributed by atoms with Crippen LogP contribution in [0.1, 0.15) is 0 Å².